The van der Waals surface area contributed by atoms with Gasteiger partial charge < -0.3 is 63.9 Å². The van der Waals surface area contributed by atoms with E-state index in [1.165, 1.54) is 24.3 Å². The number of nitrogens with one attached hydrogen (secondary N) is 1. The quantitative estimate of drug-likeness (QED) is 0.0150. The molecule has 22 nitrogen and oxygen atoms in total. The van der Waals surface area contributed by atoms with Crippen LogP contribution in [0.25, 0.3) is 0 Å². The van der Waals surface area contributed by atoms with Crippen molar-refractivity contribution in [3.8, 4) is 29.4 Å². The molecule has 8 unspecified atom stereocenters. The highest BCUT2D eigenvalue weighted by Crippen LogP contribution is 2.35. The van der Waals surface area contributed by atoms with Crippen LogP contribution < -0.4 is 25.3 Å². The number of carbonyl (C=O) groups is 2. The zero-order chi connectivity index (χ0) is 66.0. The van der Waals surface area contributed by atoms with Crippen LogP contribution in [0.1, 0.15) is 88.5 Å². The highest BCUT2D eigenvalue weighted by atomic mass is 16.8. The first-order chi connectivity index (χ1) is 44.2. The summed E-state index contributed by atoms with van der Waals surface area (Å²) in [5, 5.41) is 54.1. The molecular weight excluding hydrogens is 1180 g/mol. The number of methoxy groups -OCH3 is 2. The van der Waals surface area contributed by atoms with Gasteiger partial charge in [-0.15, -0.1) is 0 Å². The van der Waals surface area contributed by atoms with Crippen molar-refractivity contribution in [2.45, 2.75) is 141 Å². The first-order valence-corrected chi connectivity index (χ1v) is 31.4. The fraction of sp³-hybridized carbons (Fsp3) is 0.514. The van der Waals surface area contributed by atoms with E-state index in [2.05, 4.69) is 54.9 Å². The maximum absolute atomic E-state index is 13.1. The molecule has 10 atom stereocenters. The molecule has 4 saturated heterocycles. The first kappa shape index (κ1) is 71.7. The molecule has 0 aliphatic carbocycles. The van der Waals surface area contributed by atoms with E-state index in [4.69, 9.17) is 58.9 Å². The van der Waals surface area contributed by atoms with Crippen molar-refractivity contribution in [2.75, 3.05) is 66.8 Å². The largest absolute Gasteiger partial charge is 0.514 e. The number of non-ortho nitro benzene ring substituents is 1. The highest BCUT2D eigenvalue weighted by Gasteiger charge is 2.45. The fourth-order valence-electron chi connectivity index (χ4n) is 11.8. The van der Waals surface area contributed by atoms with Crippen molar-refractivity contribution in [1.29, 1.82) is 10.5 Å². The molecule has 5 aromatic rings. The van der Waals surface area contributed by atoms with Gasteiger partial charge in [-0.25, -0.2) is 9.59 Å². The number of ether oxygens (including phenoxy) is 9. The van der Waals surface area contributed by atoms with Crippen LogP contribution in [0, 0.1) is 55.4 Å². The van der Waals surface area contributed by atoms with E-state index in [9.17, 15) is 29.9 Å². The van der Waals surface area contributed by atoms with Crippen LogP contribution in [0.5, 0.6) is 17.2 Å². The lowest BCUT2D eigenvalue weighted by Gasteiger charge is -2.35. The van der Waals surface area contributed by atoms with Gasteiger partial charge in [0, 0.05) is 70.3 Å². The second-order valence-electron chi connectivity index (χ2n) is 25.4. The second kappa shape index (κ2) is 35.9. The third kappa shape index (κ3) is 23.4. The predicted molar refractivity (Wildman–Crippen MR) is 343 cm³/mol. The Bertz CT molecular complexity index is 3110. The molecule has 92 heavy (non-hydrogen) atoms. The number of nitrogens with zero attached hydrogens (tertiary/aromatic N) is 5. The summed E-state index contributed by atoms with van der Waals surface area (Å²) in [6.07, 6.45) is 0.883. The molecular formula is C70H91N7O15. The summed E-state index contributed by atoms with van der Waals surface area (Å²) >= 11 is 0. The van der Waals surface area contributed by atoms with Crippen LogP contribution in [0.4, 0.5) is 15.3 Å². The molecule has 22 heteroatoms. The number of amides is 1. The van der Waals surface area contributed by atoms with Gasteiger partial charge in [0.05, 0.1) is 87.8 Å². The molecule has 4 aliphatic rings. The normalized spacial score (nSPS) is 20.3. The van der Waals surface area contributed by atoms with Crippen molar-refractivity contribution < 1.29 is 67.4 Å². The van der Waals surface area contributed by atoms with Crippen molar-refractivity contribution >= 4 is 17.9 Å². The van der Waals surface area contributed by atoms with Crippen molar-refractivity contribution in [2.24, 2.45) is 28.4 Å². The maximum atomic E-state index is 13.1. The van der Waals surface area contributed by atoms with E-state index < -0.39 is 35.4 Å². The summed E-state index contributed by atoms with van der Waals surface area (Å²) in [5.74, 6) is 1.86. The van der Waals surface area contributed by atoms with Crippen LogP contribution in [0.15, 0.2) is 133 Å². The number of hydrogen-bond acceptors (Lipinski definition) is 20. The average Bonchev–Trinajstić information content (AvgIpc) is 1.79. The molecule has 9 rings (SSSR count). The second-order valence-corrected chi connectivity index (χ2v) is 25.4. The minimum absolute atomic E-state index is 0.0360. The van der Waals surface area contributed by atoms with Gasteiger partial charge in [0.1, 0.15) is 29.5 Å². The number of hydrogen-bond donors (Lipinski definition) is 4. The minimum atomic E-state index is -0.879. The number of alkyl carbamates (subject to hydrolysis) is 1. The lowest BCUT2D eigenvalue weighted by molar-refractivity contribution is -0.384. The average molecular weight is 1270 g/mol. The van der Waals surface area contributed by atoms with E-state index in [1.54, 1.807) is 14.2 Å². The van der Waals surface area contributed by atoms with E-state index >= 15 is 0 Å². The molecule has 496 valence electrons. The van der Waals surface area contributed by atoms with Crippen LogP contribution in [-0.2, 0) is 54.4 Å². The molecule has 5 N–H and O–H groups in total. The summed E-state index contributed by atoms with van der Waals surface area (Å²) in [7, 11) is 3.30. The third-order valence-electron chi connectivity index (χ3n) is 16.8. The number of rotatable bonds is 29. The fourth-order valence-corrected chi connectivity index (χ4v) is 11.8. The molecule has 0 radical (unpaired) electrons. The zero-order valence-corrected chi connectivity index (χ0v) is 53.7. The van der Waals surface area contributed by atoms with Gasteiger partial charge in [0.15, 0.2) is 12.6 Å². The molecule has 4 heterocycles. The summed E-state index contributed by atoms with van der Waals surface area (Å²) in [4.78, 5) is 39.2. The minimum Gasteiger partial charge on any atom is -0.497 e. The lowest BCUT2D eigenvalue weighted by Crippen LogP contribution is -2.51. The Morgan fingerprint density at radius 1 is 0.641 bits per heavy atom. The number of fused-ring (bicyclic) bond motifs is 2. The monoisotopic (exact) mass is 1270 g/mol. The smallest absolute Gasteiger partial charge is 0.497 e. The highest BCUT2D eigenvalue weighted by molar-refractivity contribution is 5.68. The summed E-state index contributed by atoms with van der Waals surface area (Å²) < 4.78 is 48.4. The van der Waals surface area contributed by atoms with Crippen molar-refractivity contribution in [3.63, 3.8) is 0 Å². The Balaban J connectivity index is 0.000000207. The number of nitro groups is 1. The van der Waals surface area contributed by atoms with Gasteiger partial charge in [0.2, 0.25) is 0 Å². The van der Waals surface area contributed by atoms with E-state index in [1.807, 2.05) is 109 Å². The van der Waals surface area contributed by atoms with Crippen LogP contribution in [0.2, 0.25) is 0 Å². The molecule has 0 aromatic heterocycles. The van der Waals surface area contributed by atoms with Gasteiger partial charge in [0.25, 0.3) is 5.69 Å². The number of nitro benzene ring substituents is 1. The molecule has 0 spiro atoms. The van der Waals surface area contributed by atoms with E-state index in [-0.39, 0.29) is 71.5 Å². The number of aliphatic hydroxyl groups is 2. The van der Waals surface area contributed by atoms with E-state index in [0.717, 1.165) is 66.0 Å². The Morgan fingerprint density at radius 2 is 1.09 bits per heavy atom. The van der Waals surface area contributed by atoms with Gasteiger partial charge in [-0.1, -0.05) is 113 Å². The van der Waals surface area contributed by atoms with Crippen molar-refractivity contribution in [1.82, 2.24) is 15.1 Å². The number of aliphatic hydroxyl groups excluding tert-OH is 2. The molecule has 0 saturated carbocycles. The van der Waals surface area contributed by atoms with Crippen LogP contribution in [0.3, 0.4) is 0 Å². The van der Waals surface area contributed by atoms with Gasteiger partial charge >= 0.3 is 12.2 Å². The zero-order valence-electron chi connectivity index (χ0n) is 53.7. The number of benzene rings is 5. The standard InChI is InChI=1S/C32H43N3O6.C25H35N3O2.C13H13NO7/c1-32(2,15-7-16-33)22-35(19-24-10-12-25(38-3)13-11-24)20-28(36)27(18-23-8-5-4-6-9-23)34-31(37)41-29-21-40-30-26(29)14-17-39-30;1-25(2,14-7-15-26)19-28(17-21-10-12-22(30-3)13-11-21)18-24(29)23(27)16-20-8-5-4-6-9-20;15-13(20-9-3-1-8(2-4-9)14(16)17)21-11-7-19-12-10(11)5-6-18-12/h4-6,8-13,26-30,36H,7,14-15,17-22H2,1-3H3,(H,34,37);4-6,8-13,23-24,29H,7,14,16-19,27H2,1-3H3;1-4,10-12H,5-7H2/t26?,27-,28?,29?,30?;23-,24?;/m00./s1. The third-order valence-corrected chi connectivity index (χ3v) is 16.8. The van der Waals surface area contributed by atoms with Crippen LogP contribution >= 0.6 is 0 Å². The summed E-state index contributed by atoms with van der Waals surface area (Å²) in [6, 6.07) is 44.5. The number of nitrogens with two attached hydrogens (primary N) is 1. The molecule has 4 aliphatic heterocycles. The van der Waals surface area contributed by atoms with Gasteiger partial charge in [-0.05, 0) is 108 Å². The topological polar surface area (TPSA) is 293 Å². The van der Waals surface area contributed by atoms with Crippen LogP contribution in [-0.4, -0.2) is 153 Å². The van der Waals surface area contributed by atoms with Gasteiger partial charge in [-0.2, -0.15) is 10.5 Å². The Labute approximate surface area is 540 Å². The van der Waals surface area contributed by atoms with Gasteiger partial charge in [-0.3, -0.25) is 19.9 Å². The van der Waals surface area contributed by atoms with E-state index in [0.29, 0.717) is 78.2 Å². The first-order valence-electron chi connectivity index (χ1n) is 31.4. The Morgan fingerprint density at radius 3 is 1.54 bits per heavy atom. The van der Waals surface area contributed by atoms with Crippen molar-refractivity contribution in [3.05, 3.63) is 166 Å². The maximum Gasteiger partial charge on any atom is 0.514 e. The molecule has 5 aromatic carbocycles. The Kier molecular flexibility index (Phi) is 28.0. The molecule has 1 amide bonds. The summed E-state index contributed by atoms with van der Waals surface area (Å²) in [6.45, 7) is 13.9. The number of carbonyl (C=O) groups excluding carboxylic acids is 2. The molecule has 4 fully saturated rings. The Hall–Kier alpha value is -7.74. The molecule has 0 bridgehead atoms. The predicted octanol–water partition coefficient (Wildman–Crippen LogP) is 9.92. The summed E-state index contributed by atoms with van der Waals surface area (Å²) in [5.41, 5.74) is 10.4. The SMILES string of the molecule is COc1ccc(CN(CC(O)[C@@H](N)Cc2ccccc2)CC(C)(C)CCC#N)cc1.COc1ccc(CN(CC(O)[C@H](Cc2ccccc2)NC(=O)OC2COC3OCCC23)CC(C)(C)CCC#N)cc1.O=C(Oc1ccc([N+](=O)[O-])cc1)OC1COC2OCCC12. The lowest BCUT2D eigenvalue weighted by atomic mass is 9.87. The number of nitriles is 2.